The van der Waals surface area contributed by atoms with Crippen LogP contribution >= 0.6 is 11.3 Å². The molecule has 2 fully saturated rings. The van der Waals surface area contributed by atoms with Crippen LogP contribution in [0.2, 0.25) is 0 Å². The molecule has 298 valence electrons. The van der Waals surface area contributed by atoms with Gasteiger partial charge in [0.25, 0.3) is 5.91 Å². The van der Waals surface area contributed by atoms with Crippen molar-refractivity contribution in [3.05, 3.63) is 51.5 Å². The zero-order valence-electron chi connectivity index (χ0n) is 31.4. The van der Waals surface area contributed by atoms with Crippen LogP contribution in [0.25, 0.3) is 0 Å². The fraction of sp³-hybridized carbons (Fsp3) is 0.622. The Balaban J connectivity index is 1.49. The number of hydrogen-bond donors (Lipinski definition) is 3. The smallest absolute Gasteiger partial charge is 0.416 e. The second-order valence-corrected chi connectivity index (χ2v) is 15.5. The first-order valence-electron chi connectivity index (χ1n) is 18.0. The van der Waals surface area contributed by atoms with Crippen LogP contribution in [0.15, 0.2) is 29.6 Å². The number of amides is 3. The lowest BCUT2D eigenvalue weighted by molar-refractivity contribution is -0.149. The summed E-state index contributed by atoms with van der Waals surface area (Å²) in [5.74, 6) is -3.86. The number of rotatable bonds is 17. The van der Waals surface area contributed by atoms with Crippen LogP contribution < -0.4 is 10.6 Å². The number of esters is 1. The lowest BCUT2D eigenvalue weighted by Gasteiger charge is -2.37. The predicted molar refractivity (Wildman–Crippen MR) is 192 cm³/mol. The average Bonchev–Trinajstić information content (AvgIpc) is 3.82. The van der Waals surface area contributed by atoms with Gasteiger partial charge >= 0.3 is 18.1 Å². The molecule has 4 rings (SSSR count). The number of likely N-dealkylation sites (N-methyl/N-ethyl adjacent to an activating group) is 2. The van der Waals surface area contributed by atoms with E-state index in [2.05, 4.69) is 15.6 Å². The van der Waals surface area contributed by atoms with Gasteiger partial charge in [-0.1, -0.05) is 32.9 Å². The summed E-state index contributed by atoms with van der Waals surface area (Å²) >= 11 is 1.07. The second kappa shape index (κ2) is 18.5. The van der Waals surface area contributed by atoms with Crippen LogP contribution in [-0.2, 0) is 41.2 Å². The Labute approximate surface area is 317 Å². The molecule has 1 aliphatic carbocycles. The molecule has 17 heteroatoms. The van der Waals surface area contributed by atoms with E-state index in [1.807, 2.05) is 25.8 Å². The molecule has 1 aromatic carbocycles. The topological polar surface area (TPSA) is 167 Å². The number of carboxylic acid groups (broad SMARTS) is 1. The van der Waals surface area contributed by atoms with Crippen LogP contribution in [0.1, 0.15) is 86.1 Å². The number of aromatic nitrogens is 1. The molecule has 1 saturated heterocycles. The SMILES string of the molecule is CC(=O)O[C@H](C[C@H](C(C)C)N(C)C(=O)[C@@H](NC(=O)[C@H]1COCCN1C)C1CC1)c1nc(C(=O)N[C@@H](Cc2ccc(C(F)(F)F)cc2)C[C@H](C)C(=O)O)cs1. The molecule has 3 N–H and O–H groups in total. The number of alkyl halides is 3. The molecular weight excluding hydrogens is 731 g/mol. The number of carbonyl (C=O) groups excluding carboxylic acids is 4. The molecular formula is C37H50F3N5O8S. The summed E-state index contributed by atoms with van der Waals surface area (Å²) in [5.41, 5.74) is -0.380. The van der Waals surface area contributed by atoms with Gasteiger partial charge in [0.05, 0.1) is 24.7 Å². The van der Waals surface area contributed by atoms with E-state index in [4.69, 9.17) is 9.47 Å². The molecule has 0 radical (unpaired) electrons. The van der Waals surface area contributed by atoms with E-state index in [9.17, 15) is 42.3 Å². The molecule has 2 heterocycles. The molecule has 0 spiro atoms. The Morgan fingerprint density at radius 3 is 2.31 bits per heavy atom. The molecule has 54 heavy (non-hydrogen) atoms. The van der Waals surface area contributed by atoms with Gasteiger partial charge in [0, 0.05) is 44.4 Å². The number of thiazole rings is 1. The second-order valence-electron chi connectivity index (χ2n) is 14.6. The molecule has 1 saturated carbocycles. The van der Waals surface area contributed by atoms with Crippen molar-refractivity contribution in [1.29, 1.82) is 0 Å². The van der Waals surface area contributed by atoms with Gasteiger partial charge in [0.1, 0.15) is 22.8 Å². The number of benzene rings is 1. The highest BCUT2D eigenvalue weighted by atomic mass is 32.1. The maximum atomic E-state index is 14.0. The van der Waals surface area contributed by atoms with Crippen molar-refractivity contribution in [1.82, 2.24) is 25.4 Å². The Kier molecular flexibility index (Phi) is 14.6. The highest BCUT2D eigenvalue weighted by molar-refractivity contribution is 7.09. The Morgan fingerprint density at radius 1 is 1.09 bits per heavy atom. The van der Waals surface area contributed by atoms with Crippen LogP contribution in [0.5, 0.6) is 0 Å². The van der Waals surface area contributed by atoms with Gasteiger partial charge in [-0.3, -0.25) is 28.9 Å². The normalized spacial score (nSPS) is 19.3. The summed E-state index contributed by atoms with van der Waals surface area (Å²) in [6.45, 7) is 7.92. The summed E-state index contributed by atoms with van der Waals surface area (Å²) in [6, 6.07) is 1.97. The Hall–Kier alpha value is -4.09. The minimum absolute atomic E-state index is 0.000958. The molecule has 3 amide bonds. The zero-order chi connectivity index (χ0) is 39.9. The average molecular weight is 782 g/mol. The lowest BCUT2D eigenvalue weighted by atomic mass is 9.95. The van der Waals surface area contributed by atoms with Crippen molar-refractivity contribution in [2.75, 3.05) is 33.9 Å². The number of carboxylic acids is 1. The summed E-state index contributed by atoms with van der Waals surface area (Å²) in [7, 11) is 3.50. The van der Waals surface area contributed by atoms with Gasteiger partial charge in [-0.2, -0.15) is 13.2 Å². The number of halogens is 3. The number of nitrogens with zero attached hydrogens (tertiary/aromatic N) is 3. The monoisotopic (exact) mass is 781 g/mol. The molecule has 0 bridgehead atoms. The summed E-state index contributed by atoms with van der Waals surface area (Å²) in [4.78, 5) is 72.6. The number of hydrogen-bond acceptors (Lipinski definition) is 10. The molecule has 1 aliphatic heterocycles. The van der Waals surface area contributed by atoms with Gasteiger partial charge in [-0.25, -0.2) is 4.98 Å². The van der Waals surface area contributed by atoms with Gasteiger partial charge in [-0.15, -0.1) is 11.3 Å². The maximum Gasteiger partial charge on any atom is 0.416 e. The van der Waals surface area contributed by atoms with Crippen molar-refractivity contribution >= 4 is 41.0 Å². The van der Waals surface area contributed by atoms with E-state index in [-0.39, 0.29) is 55.2 Å². The predicted octanol–water partition coefficient (Wildman–Crippen LogP) is 4.32. The van der Waals surface area contributed by atoms with Gasteiger partial charge < -0.3 is 30.1 Å². The number of aliphatic carboxylic acids is 1. The summed E-state index contributed by atoms with van der Waals surface area (Å²) < 4.78 is 50.5. The first-order valence-corrected chi connectivity index (χ1v) is 18.9. The maximum absolute atomic E-state index is 14.0. The van der Waals surface area contributed by atoms with E-state index >= 15 is 0 Å². The number of nitrogens with one attached hydrogen (secondary N) is 2. The number of carbonyl (C=O) groups is 5. The van der Waals surface area contributed by atoms with Crippen LogP contribution in [0, 0.1) is 17.8 Å². The number of ether oxygens (including phenoxy) is 2. The van der Waals surface area contributed by atoms with Crippen molar-refractivity contribution in [2.24, 2.45) is 17.8 Å². The Bertz CT molecular complexity index is 1630. The number of morpholine rings is 1. The minimum Gasteiger partial charge on any atom is -0.481 e. The Morgan fingerprint density at radius 2 is 1.76 bits per heavy atom. The first kappa shape index (κ1) is 42.6. The fourth-order valence-corrected chi connectivity index (χ4v) is 7.38. The van der Waals surface area contributed by atoms with Crippen molar-refractivity contribution < 1.29 is 51.7 Å². The first-order chi connectivity index (χ1) is 25.3. The zero-order valence-corrected chi connectivity index (χ0v) is 32.2. The van der Waals surface area contributed by atoms with Crippen LogP contribution in [0.3, 0.4) is 0 Å². The third-order valence-electron chi connectivity index (χ3n) is 9.92. The van der Waals surface area contributed by atoms with Gasteiger partial charge in [-0.05, 0) is 62.3 Å². The fourth-order valence-electron chi connectivity index (χ4n) is 6.54. The van der Waals surface area contributed by atoms with Crippen molar-refractivity contribution in [3.63, 3.8) is 0 Å². The molecule has 6 atom stereocenters. The van der Waals surface area contributed by atoms with E-state index in [0.29, 0.717) is 23.7 Å². The minimum atomic E-state index is -4.52. The molecule has 0 unspecified atom stereocenters. The molecule has 2 aliphatic rings. The molecule has 1 aromatic heterocycles. The lowest BCUT2D eigenvalue weighted by Crippen LogP contribution is -2.58. The van der Waals surface area contributed by atoms with E-state index in [1.54, 1.807) is 11.9 Å². The van der Waals surface area contributed by atoms with Gasteiger partial charge in [0.2, 0.25) is 11.8 Å². The summed E-state index contributed by atoms with van der Waals surface area (Å²) in [6.07, 6.45) is -3.64. The van der Waals surface area contributed by atoms with E-state index in [1.165, 1.54) is 31.4 Å². The van der Waals surface area contributed by atoms with Crippen molar-refractivity contribution in [3.8, 4) is 0 Å². The largest absolute Gasteiger partial charge is 0.481 e. The summed E-state index contributed by atoms with van der Waals surface area (Å²) in [5, 5.41) is 17.0. The van der Waals surface area contributed by atoms with E-state index < -0.39 is 65.8 Å². The highest BCUT2D eigenvalue weighted by Gasteiger charge is 2.42. The van der Waals surface area contributed by atoms with Crippen LogP contribution in [0.4, 0.5) is 13.2 Å². The van der Waals surface area contributed by atoms with E-state index in [0.717, 1.165) is 36.3 Å². The third kappa shape index (κ3) is 11.7. The highest BCUT2D eigenvalue weighted by Crippen LogP contribution is 2.36. The van der Waals surface area contributed by atoms with Crippen LogP contribution in [-0.4, -0.2) is 108 Å². The molecule has 2 aromatic rings. The van der Waals surface area contributed by atoms with Gasteiger partial charge in [0.15, 0.2) is 6.10 Å². The van der Waals surface area contributed by atoms with Crippen molar-refractivity contribution in [2.45, 2.75) is 96.2 Å². The quantitative estimate of drug-likeness (QED) is 0.197. The third-order valence-corrected chi connectivity index (χ3v) is 10.9. The standard InChI is InChI=1S/C37H50F3N5O8S/c1-20(2)28(45(6)35(49)31(24-9-10-24)43-33(48)29-18-52-14-13-44(29)5)17-30(53-22(4)46)34-42-27(19-54-34)32(47)41-26(15-21(3)36(50)51)16-23-7-11-25(12-8-23)37(38,39)40/h7-8,11-12,19-21,24,26,28-31H,9-10,13-18H2,1-6H3,(H,41,47)(H,43,48)(H,50,51)/t21-,26+,28+,29+,30+,31-/m0/s1. The molecule has 13 nitrogen and oxygen atoms in total.